The molecule has 0 bridgehead atoms. The van der Waals surface area contributed by atoms with Gasteiger partial charge >= 0.3 is 0 Å². The fraction of sp³-hybridized carbons (Fsp3) is 0.833. The van der Waals surface area contributed by atoms with Crippen LogP contribution in [0.15, 0.2) is 0 Å². The number of H-pyrrole nitrogens is 1. The Hall–Kier alpha value is -1.18. The molecule has 3 rings (SSSR count). The summed E-state index contributed by atoms with van der Waals surface area (Å²) >= 11 is 0. The summed E-state index contributed by atoms with van der Waals surface area (Å²) in [5.41, 5.74) is 6.10. The Bertz CT molecular complexity index is 418. The molecule has 2 aliphatic rings. The zero-order valence-corrected chi connectivity index (χ0v) is 11.2. The summed E-state index contributed by atoms with van der Waals surface area (Å²) < 4.78 is 11.0. The molecule has 3 atom stereocenters. The van der Waals surface area contributed by atoms with Crippen LogP contribution in [-0.2, 0) is 9.47 Å². The molecule has 2 saturated heterocycles. The highest BCUT2D eigenvalue weighted by Gasteiger charge is 2.27. The molecule has 2 aliphatic heterocycles. The van der Waals surface area contributed by atoms with Gasteiger partial charge in [-0.05, 0) is 12.3 Å². The van der Waals surface area contributed by atoms with Crippen LogP contribution in [0.5, 0.6) is 0 Å². The highest BCUT2D eigenvalue weighted by Crippen LogP contribution is 2.22. The number of nitrogens with one attached hydrogen (secondary N) is 1. The number of hydrogen-bond acceptors (Lipinski definition) is 6. The minimum Gasteiger partial charge on any atom is -0.376 e. The van der Waals surface area contributed by atoms with Gasteiger partial charge in [0.15, 0.2) is 5.82 Å². The number of hydrogen-bond donors (Lipinski definition) is 2. The van der Waals surface area contributed by atoms with Gasteiger partial charge in [-0.15, -0.1) is 5.10 Å². The van der Waals surface area contributed by atoms with E-state index in [9.17, 15) is 0 Å². The second-order valence-electron chi connectivity index (χ2n) is 5.33. The maximum atomic E-state index is 6.10. The molecular formula is C12H21N5O2. The topological polar surface area (TPSA) is 89.3 Å². The first-order chi connectivity index (χ1) is 9.24. The Balaban J connectivity index is 1.67. The fourth-order valence-corrected chi connectivity index (χ4v) is 2.48. The molecule has 7 nitrogen and oxygen atoms in total. The summed E-state index contributed by atoms with van der Waals surface area (Å²) in [6.45, 7) is 5.74. The van der Waals surface area contributed by atoms with E-state index in [1.165, 1.54) is 0 Å². The van der Waals surface area contributed by atoms with Crippen molar-refractivity contribution in [2.75, 3.05) is 37.8 Å². The Morgan fingerprint density at radius 3 is 3.05 bits per heavy atom. The third-order valence-electron chi connectivity index (χ3n) is 3.91. The third kappa shape index (κ3) is 2.72. The Morgan fingerprint density at radius 2 is 2.32 bits per heavy atom. The van der Waals surface area contributed by atoms with Crippen molar-refractivity contribution < 1.29 is 9.47 Å². The van der Waals surface area contributed by atoms with E-state index in [1.54, 1.807) is 0 Å². The molecule has 0 aliphatic carbocycles. The van der Waals surface area contributed by atoms with Crippen molar-refractivity contribution in [3.8, 4) is 0 Å². The normalized spacial score (nSPS) is 32.5. The zero-order chi connectivity index (χ0) is 13.2. The summed E-state index contributed by atoms with van der Waals surface area (Å²) in [5.74, 6) is 2.01. The molecule has 0 amide bonds. The molecule has 1 aromatic rings. The average Bonchev–Trinajstić information content (AvgIpc) is 2.93. The number of piperidine rings is 1. The second kappa shape index (κ2) is 5.44. The van der Waals surface area contributed by atoms with Gasteiger partial charge < -0.3 is 20.1 Å². The number of nitrogens with two attached hydrogens (primary N) is 1. The van der Waals surface area contributed by atoms with E-state index >= 15 is 0 Å². The summed E-state index contributed by atoms with van der Waals surface area (Å²) in [6.07, 6.45) is 0.945. The number of nitrogens with zero attached hydrogens (tertiary/aromatic N) is 3. The van der Waals surface area contributed by atoms with E-state index < -0.39 is 0 Å². The fourth-order valence-electron chi connectivity index (χ4n) is 2.48. The number of aromatic amines is 1. The molecule has 0 aromatic carbocycles. The van der Waals surface area contributed by atoms with Gasteiger partial charge in [-0.2, -0.15) is 4.98 Å². The van der Waals surface area contributed by atoms with Crippen LogP contribution in [0.1, 0.15) is 25.3 Å². The minimum absolute atomic E-state index is 0.132. The predicted molar refractivity (Wildman–Crippen MR) is 69.9 cm³/mol. The first kappa shape index (κ1) is 12.8. The number of ether oxygens (including phenoxy) is 2. The van der Waals surface area contributed by atoms with Gasteiger partial charge in [0, 0.05) is 19.1 Å². The van der Waals surface area contributed by atoms with Crippen LogP contribution in [0, 0.1) is 5.92 Å². The van der Waals surface area contributed by atoms with E-state index in [-0.39, 0.29) is 12.1 Å². The van der Waals surface area contributed by atoms with Gasteiger partial charge in [0.25, 0.3) is 0 Å². The van der Waals surface area contributed by atoms with Crippen molar-refractivity contribution in [1.82, 2.24) is 15.2 Å². The van der Waals surface area contributed by atoms with Gasteiger partial charge in [0.2, 0.25) is 5.95 Å². The first-order valence-electron chi connectivity index (χ1n) is 6.86. The van der Waals surface area contributed by atoms with E-state index in [0.717, 1.165) is 25.3 Å². The molecule has 2 fully saturated rings. The number of aromatic nitrogens is 3. The van der Waals surface area contributed by atoms with Gasteiger partial charge in [-0.25, -0.2) is 0 Å². The van der Waals surface area contributed by atoms with Gasteiger partial charge in [0.1, 0.15) is 6.10 Å². The van der Waals surface area contributed by atoms with Crippen molar-refractivity contribution >= 4 is 5.95 Å². The lowest BCUT2D eigenvalue weighted by molar-refractivity contribution is -0.0933. The largest absolute Gasteiger partial charge is 0.376 e. The lowest BCUT2D eigenvalue weighted by Crippen LogP contribution is -2.48. The molecule has 0 spiro atoms. The van der Waals surface area contributed by atoms with Crippen LogP contribution in [0.2, 0.25) is 0 Å². The van der Waals surface area contributed by atoms with Crippen LogP contribution in [0.3, 0.4) is 0 Å². The molecule has 0 radical (unpaired) electrons. The van der Waals surface area contributed by atoms with E-state index in [2.05, 4.69) is 27.0 Å². The molecule has 1 aromatic heterocycles. The monoisotopic (exact) mass is 267 g/mol. The standard InChI is InChI=1S/C12H21N5O2/c1-8-2-3-17(6-9(8)13)12-14-11(15-16-12)10-7-18-4-5-19-10/h8-10H,2-7,13H2,1H3,(H,14,15,16). The van der Waals surface area contributed by atoms with Crippen LogP contribution in [0.4, 0.5) is 5.95 Å². The third-order valence-corrected chi connectivity index (χ3v) is 3.91. The molecule has 0 saturated carbocycles. The highest BCUT2D eigenvalue weighted by atomic mass is 16.6. The Morgan fingerprint density at radius 1 is 1.42 bits per heavy atom. The number of rotatable bonds is 2. The van der Waals surface area contributed by atoms with Crippen molar-refractivity contribution in [3.05, 3.63) is 5.82 Å². The van der Waals surface area contributed by atoms with E-state index in [0.29, 0.717) is 31.7 Å². The smallest absolute Gasteiger partial charge is 0.244 e. The molecular weight excluding hydrogens is 246 g/mol. The maximum absolute atomic E-state index is 6.10. The van der Waals surface area contributed by atoms with E-state index in [4.69, 9.17) is 15.2 Å². The van der Waals surface area contributed by atoms with Gasteiger partial charge in [-0.3, -0.25) is 5.10 Å². The predicted octanol–water partition coefficient (Wildman–Crippen LogP) is 0.0661. The molecule has 7 heteroatoms. The van der Waals surface area contributed by atoms with Crippen LogP contribution in [-0.4, -0.2) is 54.1 Å². The first-order valence-corrected chi connectivity index (χ1v) is 6.86. The van der Waals surface area contributed by atoms with E-state index in [1.807, 2.05) is 0 Å². The maximum Gasteiger partial charge on any atom is 0.244 e. The van der Waals surface area contributed by atoms with Crippen LogP contribution < -0.4 is 10.6 Å². The van der Waals surface area contributed by atoms with Crippen LogP contribution in [0.25, 0.3) is 0 Å². The molecule has 3 unspecified atom stereocenters. The molecule has 3 N–H and O–H groups in total. The quantitative estimate of drug-likeness (QED) is 0.788. The summed E-state index contributed by atoms with van der Waals surface area (Å²) in [6, 6.07) is 0.185. The Labute approximate surface area is 112 Å². The van der Waals surface area contributed by atoms with Crippen LogP contribution >= 0.6 is 0 Å². The lowest BCUT2D eigenvalue weighted by atomic mass is 9.95. The van der Waals surface area contributed by atoms with Crippen molar-refractivity contribution in [3.63, 3.8) is 0 Å². The van der Waals surface area contributed by atoms with Gasteiger partial charge in [0.05, 0.1) is 19.8 Å². The summed E-state index contributed by atoms with van der Waals surface area (Å²) in [5, 5.41) is 7.22. The second-order valence-corrected chi connectivity index (χ2v) is 5.33. The van der Waals surface area contributed by atoms with Crippen molar-refractivity contribution in [1.29, 1.82) is 0 Å². The molecule has 3 heterocycles. The Kier molecular flexibility index (Phi) is 3.67. The molecule has 19 heavy (non-hydrogen) atoms. The highest BCUT2D eigenvalue weighted by molar-refractivity contribution is 5.30. The number of anilines is 1. The van der Waals surface area contributed by atoms with Crippen molar-refractivity contribution in [2.24, 2.45) is 11.7 Å². The van der Waals surface area contributed by atoms with Crippen molar-refractivity contribution in [2.45, 2.75) is 25.5 Å². The SMILES string of the molecule is CC1CCN(c2n[nH]c(C3COCCO3)n2)CC1N. The van der Waals surface area contributed by atoms with Gasteiger partial charge in [-0.1, -0.05) is 6.92 Å². The lowest BCUT2D eigenvalue weighted by Gasteiger charge is -2.34. The minimum atomic E-state index is -0.132. The average molecular weight is 267 g/mol. The molecule has 106 valence electrons. The summed E-state index contributed by atoms with van der Waals surface area (Å²) in [7, 11) is 0. The summed E-state index contributed by atoms with van der Waals surface area (Å²) in [4.78, 5) is 6.65. The zero-order valence-electron chi connectivity index (χ0n) is 11.2.